The first-order valence-corrected chi connectivity index (χ1v) is 9.42. The van der Waals surface area contributed by atoms with Crippen LogP contribution in [0.25, 0.3) is 10.9 Å². The molecule has 0 aliphatic carbocycles. The van der Waals surface area contributed by atoms with E-state index in [-0.39, 0.29) is 18.0 Å². The number of halogens is 2. The Morgan fingerprint density at radius 3 is 2.64 bits per heavy atom. The van der Waals surface area contributed by atoms with Gasteiger partial charge in [-0.1, -0.05) is 23.9 Å². The highest BCUT2D eigenvalue weighted by Crippen LogP contribution is 2.26. The third kappa shape index (κ3) is 5.37. The van der Waals surface area contributed by atoms with Crippen LogP contribution in [0.5, 0.6) is 0 Å². The normalized spacial score (nSPS) is 12.3. The van der Waals surface area contributed by atoms with Gasteiger partial charge in [0.25, 0.3) is 17.2 Å². The van der Waals surface area contributed by atoms with Crippen molar-refractivity contribution in [3.05, 3.63) is 64.7 Å². The monoisotopic (exact) mass is 405 g/mol. The number of hydrogen-bond acceptors (Lipinski definition) is 4. The van der Waals surface area contributed by atoms with Crippen molar-refractivity contribution in [3.8, 4) is 0 Å². The van der Waals surface area contributed by atoms with E-state index in [1.807, 2.05) is 13.1 Å². The number of likely N-dealkylation sites (N-methyl/N-ethyl adjacent to an activating group) is 1. The van der Waals surface area contributed by atoms with Crippen molar-refractivity contribution in [1.29, 1.82) is 0 Å². The van der Waals surface area contributed by atoms with Gasteiger partial charge in [-0.15, -0.1) is 0 Å². The van der Waals surface area contributed by atoms with Crippen molar-refractivity contribution in [1.82, 2.24) is 9.97 Å². The number of thioether (sulfide) groups is 1. The minimum Gasteiger partial charge on any atom is -0.323 e. The highest BCUT2D eigenvalue weighted by atomic mass is 32.2. The van der Waals surface area contributed by atoms with Gasteiger partial charge >= 0.3 is 0 Å². The van der Waals surface area contributed by atoms with Crippen molar-refractivity contribution in [3.63, 3.8) is 0 Å². The zero-order valence-corrected chi connectivity index (χ0v) is 15.9. The fourth-order valence-corrected chi connectivity index (χ4v) is 3.26. The molecule has 3 rings (SSSR count). The van der Waals surface area contributed by atoms with Crippen LogP contribution in [-0.2, 0) is 11.3 Å². The molecule has 0 aliphatic heterocycles. The van der Waals surface area contributed by atoms with Gasteiger partial charge in [0.2, 0.25) is 0 Å². The Hall–Kier alpha value is -2.78. The molecule has 9 heteroatoms. The van der Waals surface area contributed by atoms with Crippen molar-refractivity contribution in [2.24, 2.45) is 0 Å². The number of H-pyrrole nitrogens is 1. The molecule has 0 bridgehead atoms. The van der Waals surface area contributed by atoms with E-state index in [4.69, 9.17) is 0 Å². The number of alkyl halides is 2. The van der Waals surface area contributed by atoms with Crippen molar-refractivity contribution < 1.29 is 18.5 Å². The topological polar surface area (TPSA) is 79.3 Å². The van der Waals surface area contributed by atoms with Gasteiger partial charge in [-0.05, 0) is 36.4 Å². The first kappa shape index (κ1) is 20.0. The van der Waals surface area contributed by atoms with Crippen molar-refractivity contribution in [2.75, 3.05) is 18.9 Å². The standard InChI is InChI=1S/C19H18F2N4O2S/c1-25(10-16-23-15-5-3-2-4-14(15)18(27)24-16)11-17(26)22-12-6-8-13(9-7-12)28-19(20)21/h2-9,19H,10-11H2,1H3,(H,22,26)(H,23,24,27)/p+1. The highest BCUT2D eigenvalue weighted by molar-refractivity contribution is 7.99. The maximum Gasteiger partial charge on any atom is 0.288 e. The first-order valence-electron chi connectivity index (χ1n) is 8.54. The molecule has 146 valence electrons. The average Bonchev–Trinajstić information content (AvgIpc) is 2.62. The molecule has 1 atom stereocenters. The number of nitrogens with zero attached hydrogens (tertiary/aromatic N) is 1. The molecule has 6 nitrogen and oxygen atoms in total. The summed E-state index contributed by atoms with van der Waals surface area (Å²) < 4.78 is 24.7. The van der Waals surface area contributed by atoms with Gasteiger partial charge in [0.1, 0.15) is 6.54 Å². The summed E-state index contributed by atoms with van der Waals surface area (Å²) in [5.74, 6) is -2.20. The maximum atomic E-state index is 12.3. The van der Waals surface area contributed by atoms with Gasteiger partial charge in [-0.3, -0.25) is 9.59 Å². The quantitative estimate of drug-likeness (QED) is 0.525. The molecule has 0 radical (unpaired) electrons. The summed E-state index contributed by atoms with van der Waals surface area (Å²) in [4.78, 5) is 32.8. The number of benzene rings is 2. The van der Waals surface area contributed by atoms with Crippen molar-refractivity contribution >= 4 is 34.3 Å². The summed E-state index contributed by atoms with van der Waals surface area (Å²) in [6.07, 6.45) is 0. The van der Waals surface area contributed by atoms with E-state index in [0.717, 1.165) is 4.90 Å². The molecule has 1 aromatic heterocycles. The number of aromatic nitrogens is 2. The number of quaternary nitrogens is 1. The molecule has 0 fully saturated rings. The zero-order chi connectivity index (χ0) is 20.1. The lowest BCUT2D eigenvalue weighted by atomic mass is 10.2. The van der Waals surface area contributed by atoms with Crippen LogP contribution in [0.1, 0.15) is 5.82 Å². The summed E-state index contributed by atoms with van der Waals surface area (Å²) >= 11 is 0.454. The number of amides is 1. The van der Waals surface area contributed by atoms with Gasteiger partial charge in [0, 0.05) is 10.6 Å². The zero-order valence-electron chi connectivity index (χ0n) is 15.0. The van der Waals surface area contributed by atoms with Crippen LogP contribution < -0.4 is 15.8 Å². The number of carbonyl (C=O) groups is 1. The molecular formula is C19H19F2N4O2S+. The Bertz CT molecular complexity index is 1020. The summed E-state index contributed by atoms with van der Waals surface area (Å²) in [6, 6.07) is 13.3. The molecule has 28 heavy (non-hydrogen) atoms. The van der Waals surface area contributed by atoms with Crippen molar-refractivity contribution in [2.45, 2.75) is 17.2 Å². The largest absolute Gasteiger partial charge is 0.323 e. The van der Waals surface area contributed by atoms with Crippen LogP contribution in [0.3, 0.4) is 0 Å². The lowest BCUT2D eigenvalue weighted by Crippen LogP contribution is -3.08. The van der Waals surface area contributed by atoms with E-state index in [9.17, 15) is 18.4 Å². The van der Waals surface area contributed by atoms with Crippen LogP contribution >= 0.6 is 11.8 Å². The number of carbonyl (C=O) groups excluding carboxylic acids is 1. The molecule has 1 unspecified atom stereocenters. The summed E-state index contributed by atoms with van der Waals surface area (Å²) in [7, 11) is 1.82. The molecule has 1 heterocycles. The predicted molar refractivity (Wildman–Crippen MR) is 105 cm³/mol. The summed E-state index contributed by atoms with van der Waals surface area (Å²) in [5.41, 5.74) is 0.938. The van der Waals surface area contributed by atoms with Crippen LogP contribution in [-0.4, -0.2) is 35.2 Å². The van der Waals surface area contributed by atoms with Crippen LogP contribution in [0.15, 0.2) is 58.2 Å². The molecular weight excluding hydrogens is 386 g/mol. The fourth-order valence-electron chi connectivity index (χ4n) is 2.77. The second-order valence-electron chi connectivity index (χ2n) is 6.29. The Morgan fingerprint density at radius 2 is 1.93 bits per heavy atom. The predicted octanol–water partition coefficient (Wildman–Crippen LogP) is 1.89. The SMILES string of the molecule is C[NH+](CC(=O)Nc1ccc(SC(F)F)cc1)Cc1nc2ccccc2c(=O)[nH]1. The lowest BCUT2D eigenvalue weighted by Gasteiger charge is -2.13. The van der Waals surface area contributed by atoms with Gasteiger partial charge in [0.15, 0.2) is 12.4 Å². The van der Waals surface area contributed by atoms with E-state index in [2.05, 4.69) is 15.3 Å². The van der Waals surface area contributed by atoms with E-state index < -0.39 is 5.76 Å². The number of para-hydroxylation sites is 1. The van der Waals surface area contributed by atoms with Crippen LogP contribution in [0, 0.1) is 0 Å². The number of nitrogens with one attached hydrogen (secondary N) is 3. The molecule has 2 aromatic carbocycles. The third-order valence-electron chi connectivity index (χ3n) is 3.96. The minimum atomic E-state index is -2.48. The molecule has 1 amide bonds. The van der Waals surface area contributed by atoms with E-state index in [1.165, 1.54) is 12.1 Å². The second-order valence-corrected chi connectivity index (χ2v) is 7.35. The molecule has 3 N–H and O–H groups in total. The highest BCUT2D eigenvalue weighted by Gasteiger charge is 2.13. The van der Waals surface area contributed by atoms with Gasteiger partial charge in [0.05, 0.1) is 18.0 Å². The smallest absolute Gasteiger partial charge is 0.288 e. The van der Waals surface area contributed by atoms with Gasteiger partial charge in [-0.2, -0.15) is 8.78 Å². The number of hydrogen-bond donors (Lipinski definition) is 3. The maximum absolute atomic E-state index is 12.3. The third-order valence-corrected chi connectivity index (χ3v) is 4.68. The van der Waals surface area contributed by atoms with E-state index in [0.29, 0.717) is 45.6 Å². The number of rotatable bonds is 7. The molecule has 3 aromatic rings. The Morgan fingerprint density at radius 1 is 1.21 bits per heavy atom. The lowest BCUT2D eigenvalue weighted by molar-refractivity contribution is -0.885. The average molecular weight is 405 g/mol. The van der Waals surface area contributed by atoms with Crippen LogP contribution in [0.2, 0.25) is 0 Å². The van der Waals surface area contributed by atoms with Gasteiger partial charge in [-0.25, -0.2) is 4.98 Å². The Labute approximate surface area is 164 Å². The Balaban J connectivity index is 1.58. The van der Waals surface area contributed by atoms with Crippen LogP contribution in [0.4, 0.5) is 14.5 Å². The van der Waals surface area contributed by atoms with Gasteiger partial charge < -0.3 is 15.2 Å². The van der Waals surface area contributed by atoms with E-state index in [1.54, 1.807) is 30.3 Å². The second kappa shape index (κ2) is 8.94. The summed E-state index contributed by atoms with van der Waals surface area (Å²) in [6.45, 7) is 0.529. The Kier molecular flexibility index (Phi) is 6.37. The molecule has 0 saturated heterocycles. The fraction of sp³-hybridized carbons (Fsp3) is 0.211. The number of aromatic amines is 1. The molecule has 0 saturated carbocycles. The first-order chi connectivity index (χ1) is 13.4. The summed E-state index contributed by atoms with van der Waals surface area (Å²) in [5, 5.41) is 3.25. The number of fused-ring (bicyclic) bond motifs is 1. The number of anilines is 1. The molecule has 0 aliphatic rings. The van der Waals surface area contributed by atoms with E-state index >= 15 is 0 Å². The molecule has 0 spiro atoms. The minimum absolute atomic E-state index is 0.157.